The molecule has 2 amide bonds. The van der Waals surface area contributed by atoms with E-state index in [-0.39, 0.29) is 18.6 Å². The van der Waals surface area contributed by atoms with Crippen molar-refractivity contribution in [3.63, 3.8) is 0 Å². The highest BCUT2D eigenvalue weighted by Gasteiger charge is 2.29. The van der Waals surface area contributed by atoms with Crippen LogP contribution in [0, 0.1) is 0 Å². The summed E-state index contributed by atoms with van der Waals surface area (Å²) in [5, 5.41) is 5.54. The maximum absolute atomic E-state index is 12.4. The van der Waals surface area contributed by atoms with E-state index in [1.807, 2.05) is 18.2 Å². The number of benzene rings is 2. The lowest BCUT2D eigenvalue weighted by molar-refractivity contribution is -0.118. The molecule has 0 saturated heterocycles. The zero-order chi connectivity index (χ0) is 15.8. The third-order valence-electron chi connectivity index (χ3n) is 3.95. The minimum Gasteiger partial charge on any atom is -0.454 e. The second-order valence-electron chi connectivity index (χ2n) is 5.44. The quantitative estimate of drug-likeness (QED) is 0.885. The van der Waals surface area contributed by atoms with Crippen LogP contribution in [0.3, 0.4) is 0 Å². The molecule has 1 atom stereocenters. The van der Waals surface area contributed by atoms with Crippen molar-refractivity contribution in [2.45, 2.75) is 12.5 Å². The van der Waals surface area contributed by atoms with Crippen LogP contribution in [0.1, 0.15) is 15.9 Å². The van der Waals surface area contributed by atoms with Crippen molar-refractivity contribution in [2.75, 3.05) is 12.1 Å². The van der Waals surface area contributed by atoms with Gasteiger partial charge in [0.15, 0.2) is 11.5 Å². The first kappa shape index (κ1) is 13.6. The number of carbonyl (C=O) groups is 2. The van der Waals surface area contributed by atoms with Gasteiger partial charge in [0.05, 0.1) is 0 Å². The summed E-state index contributed by atoms with van der Waals surface area (Å²) in [6.45, 7) is 0.183. The van der Waals surface area contributed by atoms with Crippen molar-refractivity contribution in [1.82, 2.24) is 5.32 Å². The summed E-state index contributed by atoms with van der Waals surface area (Å²) >= 11 is 0. The van der Waals surface area contributed by atoms with E-state index < -0.39 is 6.04 Å². The van der Waals surface area contributed by atoms with Gasteiger partial charge < -0.3 is 20.1 Å². The van der Waals surface area contributed by atoms with Gasteiger partial charge in [-0.15, -0.1) is 0 Å². The van der Waals surface area contributed by atoms with E-state index in [1.54, 1.807) is 24.3 Å². The summed E-state index contributed by atoms with van der Waals surface area (Å²) in [4.78, 5) is 24.5. The summed E-state index contributed by atoms with van der Waals surface area (Å²) in [6, 6.07) is 11.9. The van der Waals surface area contributed by atoms with Crippen LogP contribution in [0.25, 0.3) is 0 Å². The Labute approximate surface area is 132 Å². The van der Waals surface area contributed by atoms with Gasteiger partial charge >= 0.3 is 0 Å². The standard InChI is InChI=1S/C17H14N2O4/c20-16-12-4-2-1-3-10(12)7-13(19-16)17(21)18-11-5-6-14-15(8-11)23-9-22-14/h1-6,8,13H,7,9H2,(H,18,21)(H,19,20)/t13-/m0/s1. The van der Waals surface area contributed by atoms with Gasteiger partial charge in [-0.3, -0.25) is 9.59 Å². The first-order valence-corrected chi connectivity index (χ1v) is 7.30. The molecule has 2 aromatic carbocycles. The van der Waals surface area contributed by atoms with Gasteiger partial charge in [-0.05, 0) is 23.8 Å². The molecule has 0 aromatic heterocycles. The van der Waals surface area contributed by atoms with Gasteiger partial charge in [0.25, 0.3) is 5.91 Å². The number of rotatable bonds is 2. The topological polar surface area (TPSA) is 76.7 Å². The lowest BCUT2D eigenvalue weighted by Crippen LogP contribution is -2.48. The Morgan fingerprint density at radius 1 is 1.13 bits per heavy atom. The molecule has 0 spiro atoms. The molecule has 0 unspecified atom stereocenters. The van der Waals surface area contributed by atoms with Crippen LogP contribution in [-0.2, 0) is 11.2 Å². The van der Waals surface area contributed by atoms with E-state index >= 15 is 0 Å². The number of carbonyl (C=O) groups excluding carboxylic acids is 2. The normalized spacial score (nSPS) is 18.1. The van der Waals surface area contributed by atoms with E-state index in [0.717, 1.165) is 5.56 Å². The number of fused-ring (bicyclic) bond motifs is 2. The van der Waals surface area contributed by atoms with Gasteiger partial charge in [0, 0.05) is 23.7 Å². The molecule has 6 heteroatoms. The monoisotopic (exact) mass is 310 g/mol. The number of nitrogens with one attached hydrogen (secondary N) is 2. The third kappa shape index (κ3) is 2.48. The number of hydrogen-bond donors (Lipinski definition) is 2. The van der Waals surface area contributed by atoms with Crippen LogP contribution in [0.5, 0.6) is 11.5 Å². The van der Waals surface area contributed by atoms with Crippen molar-refractivity contribution >= 4 is 17.5 Å². The summed E-state index contributed by atoms with van der Waals surface area (Å²) in [5.41, 5.74) is 2.11. The van der Waals surface area contributed by atoms with Crippen LogP contribution in [-0.4, -0.2) is 24.6 Å². The molecule has 0 bridgehead atoms. The summed E-state index contributed by atoms with van der Waals surface area (Å²) in [7, 11) is 0. The maximum atomic E-state index is 12.4. The molecule has 23 heavy (non-hydrogen) atoms. The van der Waals surface area contributed by atoms with Crippen molar-refractivity contribution < 1.29 is 19.1 Å². The zero-order valence-corrected chi connectivity index (χ0v) is 12.2. The maximum Gasteiger partial charge on any atom is 0.252 e. The molecule has 2 heterocycles. The zero-order valence-electron chi connectivity index (χ0n) is 12.2. The number of hydrogen-bond acceptors (Lipinski definition) is 4. The minimum absolute atomic E-state index is 0.183. The molecule has 0 saturated carbocycles. The fourth-order valence-electron chi connectivity index (χ4n) is 2.79. The summed E-state index contributed by atoms with van der Waals surface area (Å²) in [6.07, 6.45) is 0.471. The SMILES string of the molecule is O=C1N[C@H](C(=O)Nc2ccc3c(c2)OCO3)Cc2ccccc21. The average Bonchev–Trinajstić information content (AvgIpc) is 3.02. The van der Waals surface area contributed by atoms with Crippen molar-refractivity contribution in [2.24, 2.45) is 0 Å². The van der Waals surface area contributed by atoms with Gasteiger partial charge in [0.1, 0.15) is 6.04 Å². The molecule has 0 radical (unpaired) electrons. The van der Waals surface area contributed by atoms with Crippen LogP contribution in [0.4, 0.5) is 5.69 Å². The molecule has 0 aliphatic carbocycles. The van der Waals surface area contributed by atoms with Crippen molar-refractivity contribution in [3.05, 3.63) is 53.6 Å². The fourth-order valence-corrected chi connectivity index (χ4v) is 2.79. The first-order valence-electron chi connectivity index (χ1n) is 7.30. The Bertz CT molecular complexity index is 803. The predicted molar refractivity (Wildman–Crippen MR) is 82.6 cm³/mol. The average molecular weight is 310 g/mol. The lowest BCUT2D eigenvalue weighted by atomic mass is 9.95. The van der Waals surface area contributed by atoms with Crippen LogP contribution < -0.4 is 20.1 Å². The van der Waals surface area contributed by atoms with Crippen molar-refractivity contribution in [1.29, 1.82) is 0 Å². The van der Waals surface area contributed by atoms with Gasteiger partial charge in [0.2, 0.25) is 12.7 Å². The Kier molecular flexibility index (Phi) is 3.15. The summed E-state index contributed by atoms with van der Waals surface area (Å²) < 4.78 is 10.5. The van der Waals surface area contributed by atoms with Gasteiger partial charge in [-0.1, -0.05) is 18.2 Å². The van der Waals surface area contributed by atoms with E-state index in [9.17, 15) is 9.59 Å². The van der Waals surface area contributed by atoms with Crippen LogP contribution in [0.15, 0.2) is 42.5 Å². The Morgan fingerprint density at radius 2 is 1.96 bits per heavy atom. The number of ether oxygens (including phenoxy) is 2. The lowest BCUT2D eigenvalue weighted by Gasteiger charge is -2.24. The second kappa shape index (κ2) is 5.31. The third-order valence-corrected chi connectivity index (χ3v) is 3.95. The van der Waals surface area contributed by atoms with E-state index in [4.69, 9.17) is 9.47 Å². The van der Waals surface area contributed by atoms with E-state index in [0.29, 0.717) is 29.2 Å². The fraction of sp³-hybridized carbons (Fsp3) is 0.176. The minimum atomic E-state index is -0.595. The molecule has 2 N–H and O–H groups in total. The predicted octanol–water partition coefficient (Wildman–Crippen LogP) is 1.71. The van der Waals surface area contributed by atoms with E-state index in [2.05, 4.69) is 10.6 Å². The number of anilines is 1. The van der Waals surface area contributed by atoms with E-state index in [1.165, 1.54) is 0 Å². The van der Waals surface area contributed by atoms with Crippen LogP contribution >= 0.6 is 0 Å². The molecule has 2 aromatic rings. The molecule has 2 aliphatic heterocycles. The molecule has 2 aliphatic rings. The molecular weight excluding hydrogens is 296 g/mol. The molecular formula is C17H14N2O4. The largest absolute Gasteiger partial charge is 0.454 e. The van der Waals surface area contributed by atoms with Crippen molar-refractivity contribution in [3.8, 4) is 11.5 Å². The molecule has 116 valence electrons. The molecule has 0 fully saturated rings. The smallest absolute Gasteiger partial charge is 0.252 e. The van der Waals surface area contributed by atoms with Crippen LogP contribution in [0.2, 0.25) is 0 Å². The molecule has 4 rings (SSSR count). The summed E-state index contributed by atoms with van der Waals surface area (Å²) in [5.74, 6) is 0.771. The number of amides is 2. The highest BCUT2D eigenvalue weighted by molar-refractivity contribution is 6.03. The highest BCUT2D eigenvalue weighted by Crippen LogP contribution is 2.34. The Balaban J connectivity index is 1.51. The Morgan fingerprint density at radius 3 is 2.87 bits per heavy atom. The first-order chi connectivity index (χ1) is 11.2. The van der Waals surface area contributed by atoms with Gasteiger partial charge in [-0.25, -0.2) is 0 Å². The second-order valence-corrected chi connectivity index (χ2v) is 5.44. The highest BCUT2D eigenvalue weighted by atomic mass is 16.7. The molecule has 6 nitrogen and oxygen atoms in total. The Hall–Kier alpha value is -3.02. The van der Waals surface area contributed by atoms with Gasteiger partial charge in [-0.2, -0.15) is 0 Å².